The third-order valence-electron chi connectivity index (χ3n) is 3.37. The molecule has 1 N–H and O–H groups in total. The first kappa shape index (κ1) is 13.7. The van der Waals surface area contributed by atoms with Crippen LogP contribution < -0.4 is 5.32 Å². The summed E-state index contributed by atoms with van der Waals surface area (Å²) in [5.41, 5.74) is 2.61. The van der Waals surface area contributed by atoms with Crippen molar-refractivity contribution in [2.45, 2.75) is 20.0 Å². The van der Waals surface area contributed by atoms with E-state index in [0.29, 0.717) is 0 Å². The van der Waals surface area contributed by atoms with Gasteiger partial charge in [-0.15, -0.1) is 11.3 Å². The summed E-state index contributed by atoms with van der Waals surface area (Å²) >= 11 is 7.65. The Kier molecular flexibility index (Phi) is 4.10. The third-order valence-corrected chi connectivity index (χ3v) is 4.59. The van der Waals surface area contributed by atoms with Gasteiger partial charge < -0.3 is 9.88 Å². The van der Waals surface area contributed by atoms with E-state index in [4.69, 9.17) is 11.6 Å². The average Bonchev–Trinajstić information content (AvgIpc) is 3.04. The van der Waals surface area contributed by atoms with Crippen LogP contribution in [0.4, 0.5) is 0 Å². The Balaban J connectivity index is 1.90. The van der Waals surface area contributed by atoms with Gasteiger partial charge in [0.2, 0.25) is 0 Å². The normalized spacial score (nSPS) is 11.3. The molecule has 104 valence electrons. The zero-order valence-corrected chi connectivity index (χ0v) is 13.0. The van der Waals surface area contributed by atoms with Gasteiger partial charge in [0.25, 0.3) is 0 Å². The third kappa shape index (κ3) is 2.90. The molecule has 3 aromatic rings. The Bertz CT molecular complexity index is 714. The maximum atomic E-state index is 6.00. The van der Waals surface area contributed by atoms with E-state index in [9.17, 15) is 0 Å². The van der Waals surface area contributed by atoms with Gasteiger partial charge >= 0.3 is 0 Å². The minimum Gasteiger partial charge on any atom is -0.342 e. The topological polar surface area (TPSA) is 17.0 Å². The second-order valence-corrected chi connectivity index (χ2v) is 6.62. The van der Waals surface area contributed by atoms with Crippen molar-refractivity contribution in [3.63, 3.8) is 0 Å². The molecule has 0 fully saturated rings. The molecule has 4 heteroatoms. The highest BCUT2D eigenvalue weighted by Crippen LogP contribution is 2.24. The van der Waals surface area contributed by atoms with E-state index in [-0.39, 0.29) is 0 Å². The van der Waals surface area contributed by atoms with E-state index >= 15 is 0 Å². The number of halogens is 1. The molecule has 0 amide bonds. The molecule has 2 nitrogen and oxygen atoms in total. The van der Waals surface area contributed by atoms with E-state index in [2.05, 4.69) is 53.3 Å². The van der Waals surface area contributed by atoms with Gasteiger partial charge in [-0.25, -0.2) is 0 Å². The molecule has 0 atom stereocenters. The highest BCUT2D eigenvalue weighted by Gasteiger charge is 2.05. The number of hydrogen-bond donors (Lipinski definition) is 1. The maximum Gasteiger partial charge on any atom is 0.0931 e. The summed E-state index contributed by atoms with van der Waals surface area (Å²) in [7, 11) is 0. The van der Waals surface area contributed by atoms with E-state index in [0.717, 1.165) is 24.0 Å². The lowest BCUT2D eigenvalue weighted by Gasteiger charge is -2.06. The average molecular weight is 305 g/mol. The van der Waals surface area contributed by atoms with Crippen molar-refractivity contribution in [3.05, 3.63) is 57.4 Å². The number of nitrogens with zero attached hydrogens (tertiary/aromatic N) is 1. The Hall–Kier alpha value is -1.29. The minimum atomic E-state index is 0.851. The van der Waals surface area contributed by atoms with Crippen LogP contribution in [0.3, 0.4) is 0 Å². The fourth-order valence-corrected chi connectivity index (χ4v) is 3.44. The largest absolute Gasteiger partial charge is 0.342 e. The summed E-state index contributed by atoms with van der Waals surface area (Å²) < 4.78 is 3.14. The molecule has 0 aliphatic carbocycles. The predicted molar refractivity (Wildman–Crippen MR) is 87.7 cm³/mol. The van der Waals surface area contributed by atoms with Crippen molar-refractivity contribution in [1.29, 1.82) is 0 Å². The molecule has 0 bridgehead atoms. The number of hydrogen-bond acceptors (Lipinski definition) is 2. The van der Waals surface area contributed by atoms with Gasteiger partial charge in [0.05, 0.1) is 10.9 Å². The van der Waals surface area contributed by atoms with Crippen LogP contribution in [0.5, 0.6) is 0 Å². The van der Waals surface area contributed by atoms with Crippen LogP contribution in [-0.2, 0) is 13.1 Å². The number of thiophene rings is 1. The molecule has 2 heterocycles. The first-order valence-corrected chi connectivity index (χ1v) is 7.98. The Morgan fingerprint density at radius 2 is 2.10 bits per heavy atom. The SMILES string of the molecule is CCNCc1ccc2ccn(Cc3ccc(Cl)s3)c2c1. The Morgan fingerprint density at radius 3 is 2.85 bits per heavy atom. The lowest BCUT2D eigenvalue weighted by Crippen LogP contribution is -2.11. The molecular formula is C16H17ClN2S. The lowest BCUT2D eigenvalue weighted by atomic mass is 10.1. The molecule has 0 saturated heterocycles. The standard InChI is InChI=1S/C16H17ClN2S/c1-2-18-10-12-3-4-13-7-8-19(15(13)9-12)11-14-5-6-16(17)20-14/h3-9,18H,2,10-11H2,1H3. The van der Waals surface area contributed by atoms with Crippen molar-refractivity contribution in [3.8, 4) is 0 Å². The molecule has 0 aliphatic rings. The molecule has 1 aromatic carbocycles. The van der Waals surface area contributed by atoms with Crippen molar-refractivity contribution in [2.24, 2.45) is 0 Å². The highest BCUT2D eigenvalue weighted by atomic mass is 35.5. The van der Waals surface area contributed by atoms with E-state index in [1.165, 1.54) is 21.3 Å². The summed E-state index contributed by atoms with van der Waals surface area (Å²) in [6, 6.07) is 12.9. The molecule has 0 aliphatic heterocycles. The number of aromatic nitrogens is 1. The van der Waals surface area contributed by atoms with E-state index in [1.807, 2.05) is 6.07 Å². The quantitative estimate of drug-likeness (QED) is 0.733. The zero-order valence-electron chi connectivity index (χ0n) is 11.4. The van der Waals surface area contributed by atoms with Gasteiger partial charge in [-0.1, -0.05) is 30.7 Å². The van der Waals surface area contributed by atoms with Crippen LogP contribution in [0, 0.1) is 0 Å². The van der Waals surface area contributed by atoms with Gasteiger partial charge in [0, 0.05) is 23.1 Å². The first-order chi connectivity index (χ1) is 9.76. The second-order valence-electron chi connectivity index (χ2n) is 4.82. The van der Waals surface area contributed by atoms with Crippen molar-refractivity contribution < 1.29 is 0 Å². The maximum absolute atomic E-state index is 6.00. The summed E-state index contributed by atoms with van der Waals surface area (Å²) in [5, 5.41) is 4.65. The fourth-order valence-electron chi connectivity index (χ4n) is 2.35. The minimum absolute atomic E-state index is 0.851. The van der Waals surface area contributed by atoms with Crippen LogP contribution in [0.1, 0.15) is 17.4 Å². The summed E-state index contributed by atoms with van der Waals surface area (Å²) in [6.07, 6.45) is 2.15. The van der Waals surface area contributed by atoms with Crippen LogP contribution in [0.25, 0.3) is 10.9 Å². The molecule has 0 radical (unpaired) electrons. The van der Waals surface area contributed by atoms with Crippen LogP contribution in [0.15, 0.2) is 42.6 Å². The number of fused-ring (bicyclic) bond motifs is 1. The first-order valence-electron chi connectivity index (χ1n) is 6.79. The number of benzene rings is 1. The molecular weight excluding hydrogens is 288 g/mol. The molecule has 20 heavy (non-hydrogen) atoms. The smallest absolute Gasteiger partial charge is 0.0931 e. The van der Waals surface area contributed by atoms with Gasteiger partial charge in [-0.3, -0.25) is 0 Å². The van der Waals surface area contributed by atoms with Gasteiger partial charge in [-0.2, -0.15) is 0 Å². The van der Waals surface area contributed by atoms with E-state index < -0.39 is 0 Å². The lowest BCUT2D eigenvalue weighted by molar-refractivity contribution is 0.727. The fraction of sp³-hybridized carbons (Fsp3) is 0.250. The molecule has 0 saturated carbocycles. The van der Waals surface area contributed by atoms with Gasteiger partial charge in [-0.05, 0) is 41.8 Å². The Morgan fingerprint density at radius 1 is 1.20 bits per heavy atom. The van der Waals surface area contributed by atoms with Gasteiger partial charge in [0.1, 0.15) is 0 Å². The summed E-state index contributed by atoms with van der Waals surface area (Å²) in [5.74, 6) is 0. The molecule has 0 spiro atoms. The summed E-state index contributed by atoms with van der Waals surface area (Å²) in [6.45, 7) is 4.92. The van der Waals surface area contributed by atoms with Crippen LogP contribution >= 0.6 is 22.9 Å². The molecule has 0 unspecified atom stereocenters. The van der Waals surface area contributed by atoms with Crippen molar-refractivity contribution in [1.82, 2.24) is 9.88 Å². The summed E-state index contributed by atoms with van der Waals surface area (Å²) in [4.78, 5) is 1.28. The van der Waals surface area contributed by atoms with Crippen molar-refractivity contribution in [2.75, 3.05) is 6.54 Å². The molecule has 2 aromatic heterocycles. The van der Waals surface area contributed by atoms with Crippen LogP contribution in [0.2, 0.25) is 4.34 Å². The van der Waals surface area contributed by atoms with Gasteiger partial charge in [0.15, 0.2) is 0 Å². The zero-order chi connectivity index (χ0) is 13.9. The second kappa shape index (κ2) is 6.00. The number of nitrogens with one attached hydrogen (secondary N) is 1. The predicted octanol–water partition coefficient (Wildman–Crippen LogP) is 4.51. The Labute approximate surface area is 128 Å². The highest BCUT2D eigenvalue weighted by molar-refractivity contribution is 7.16. The molecule has 3 rings (SSSR count). The monoisotopic (exact) mass is 304 g/mol. The van der Waals surface area contributed by atoms with E-state index in [1.54, 1.807) is 11.3 Å². The van der Waals surface area contributed by atoms with Crippen LogP contribution in [-0.4, -0.2) is 11.1 Å². The van der Waals surface area contributed by atoms with Crippen molar-refractivity contribution >= 4 is 33.8 Å². The number of rotatable bonds is 5.